The summed E-state index contributed by atoms with van der Waals surface area (Å²) in [6.07, 6.45) is 6.37. The molecule has 128 valence electrons. The third-order valence-electron chi connectivity index (χ3n) is 4.40. The number of amides is 1. The SMILES string of the molecule is CCn1cc(Br)cc1C(=O)N1CCC(n2cc(C(=O)O)cn2)CC1. The summed E-state index contributed by atoms with van der Waals surface area (Å²) in [4.78, 5) is 25.5. The lowest BCUT2D eigenvalue weighted by molar-refractivity contribution is 0.0678. The molecule has 0 aliphatic carbocycles. The standard InChI is InChI=1S/C16H19BrN4O3/c1-2-19-10-12(17)7-14(19)15(22)20-5-3-13(4-6-20)21-9-11(8-18-21)16(23)24/h7-10,13H,2-6H2,1H3,(H,23,24). The Labute approximate surface area is 148 Å². The van der Waals surface area contributed by atoms with Crippen LogP contribution < -0.4 is 0 Å². The average Bonchev–Trinajstić information content (AvgIpc) is 3.21. The van der Waals surface area contributed by atoms with E-state index < -0.39 is 5.97 Å². The molecule has 7 nitrogen and oxygen atoms in total. The summed E-state index contributed by atoms with van der Waals surface area (Å²) in [5, 5.41) is 13.1. The Morgan fingerprint density at radius 3 is 2.62 bits per heavy atom. The highest BCUT2D eigenvalue weighted by Crippen LogP contribution is 2.24. The van der Waals surface area contributed by atoms with Crippen LogP contribution in [0.5, 0.6) is 0 Å². The lowest BCUT2D eigenvalue weighted by Crippen LogP contribution is -2.39. The Hall–Kier alpha value is -2.09. The monoisotopic (exact) mass is 394 g/mol. The molecule has 1 aliphatic heterocycles. The summed E-state index contributed by atoms with van der Waals surface area (Å²) < 4.78 is 4.54. The van der Waals surface area contributed by atoms with Crippen molar-refractivity contribution in [3.05, 3.63) is 40.4 Å². The number of aromatic carboxylic acids is 1. The molecule has 24 heavy (non-hydrogen) atoms. The van der Waals surface area contributed by atoms with Crippen LogP contribution in [-0.2, 0) is 6.54 Å². The van der Waals surface area contributed by atoms with Gasteiger partial charge in [-0.2, -0.15) is 5.10 Å². The van der Waals surface area contributed by atoms with Crippen LogP contribution in [0.3, 0.4) is 0 Å². The summed E-state index contributed by atoms with van der Waals surface area (Å²) in [5.41, 5.74) is 0.884. The van der Waals surface area contributed by atoms with Gasteiger partial charge < -0.3 is 14.6 Å². The van der Waals surface area contributed by atoms with E-state index in [1.807, 2.05) is 28.7 Å². The molecule has 1 N–H and O–H groups in total. The number of halogens is 1. The topological polar surface area (TPSA) is 80.4 Å². The van der Waals surface area contributed by atoms with Crippen molar-refractivity contribution >= 4 is 27.8 Å². The van der Waals surface area contributed by atoms with Crippen molar-refractivity contribution in [2.24, 2.45) is 0 Å². The number of nitrogens with zero attached hydrogens (tertiary/aromatic N) is 4. The van der Waals surface area contributed by atoms with Gasteiger partial charge in [0.1, 0.15) is 5.69 Å². The van der Waals surface area contributed by atoms with Crippen molar-refractivity contribution in [2.45, 2.75) is 32.4 Å². The number of hydrogen-bond donors (Lipinski definition) is 1. The third-order valence-corrected chi connectivity index (χ3v) is 4.83. The zero-order valence-corrected chi connectivity index (χ0v) is 14.9. The second-order valence-corrected chi connectivity index (χ2v) is 6.78. The van der Waals surface area contributed by atoms with E-state index in [4.69, 9.17) is 5.11 Å². The summed E-state index contributed by atoms with van der Waals surface area (Å²) in [7, 11) is 0. The first-order chi connectivity index (χ1) is 11.5. The van der Waals surface area contributed by atoms with Crippen molar-refractivity contribution in [3.63, 3.8) is 0 Å². The van der Waals surface area contributed by atoms with Crippen LogP contribution in [0.25, 0.3) is 0 Å². The zero-order valence-electron chi connectivity index (χ0n) is 13.4. The van der Waals surface area contributed by atoms with Crippen molar-refractivity contribution < 1.29 is 14.7 Å². The first-order valence-corrected chi connectivity index (χ1v) is 8.71. The molecule has 0 aromatic carbocycles. The molecular formula is C16H19BrN4O3. The van der Waals surface area contributed by atoms with E-state index in [1.165, 1.54) is 6.20 Å². The number of carboxylic acid groups (broad SMARTS) is 1. The highest BCUT2D eigenvalue weighted by Gasteiger charge is 2.27. The number of carbonyl (C=O) groups is 2. The maximum absolute atomic E-state index is 12.7. The first kappa shape index (κ1) is 16.8. The Kier molecular flexibility index (Phi) is 4.75. The minimum Gasteiger partial charge on any atom is -0.478 e. The molecule has 0 spiro atoms. The van der Waals surface area contributed by atoms with Crippen LogP contribution in [-0.4, -0.2) is 49.3 Å². The smallest absolute Gasteiger partial charge is 0.338 e. The third kappa shape index (κ3) is 3.24. The number of carboxylic acids is 1. The molecular weight excluding hydrogens is 376 g/mol. The van der Waals surface area contributed by atoms with Gasteiger partial charge in [0.2, 0.25) is 0 Å². The molecule has 1 aliphatic rings. The lowest BCUT2D eigenvalue weighted by Gasteiger charge is -2.32. The number of carbonyl (C=O) groups excluding carboxylic acids is 1. The Morgan fingerprint density at radius 1 is 1.33 bits per heavy atom. The van der Waals surface area contributed by atoms with Gasteiger partial charge in [-0.3, -0.25) is 9.48 Å². The van der Waals surface area contributed by atoms with Gasteiger partial charge in [0.25, 0.3) is 5.91 Å². The normalized spacial score (nSPS) is 15.7. The van der Waals surface area contributed by atoms with Crippen LogP contribution in [0.2, 0.25) is 0 Å². The van der Waals surface area contributed by atoms with E-state index in [9.17, 15) is 9.59 Å². The molecule has 0 saturated carbocycles. The van der Waals surface area contributed by atoms with Gasteiger partial charge >= 0.3 is 5.97 Å². The highest BCUT2D eigenvalue weighted by atomic mass is 79.9. The maximum atomic E-state index is 12.7. The second-order valence-electron chi connectivity index (χ2n) is 5.87. The number of likely N-dealkylation sites (tertiary alicyclic amines) is 1. The van der Waals surface area contributed by atoms with Crippen LogP contribution in [0.1, 0.15) is 46.7 Å². The molecule has 1 saturated heterocycles. The quantitative estimate of drug-likeness (QED) is 0.863. The predicted octanol–water partition coefficient (Wildman–Crippen LogP) is 2.64. The van der Waals surface area contributed by atoms with Gasteiger partial charge in [0.05, 0.1) is 17.8 Å². The summed E-state index contributed by atoms with van der Waals surface area (Å²) >= 11 is 3.42. The Bertz CT molecular complexity index is 759. The van der Waals surface area contributed by atoms with Gasteiger partial charge in [0.15, 0.2) is 0 Å². The van der Waals surface area contributed by atoms with E-state index in [2.05, 4.69) is 21.0 Å². The van der Waals surface area contributed by atoms with Gasteiger partial charge in [-0.25, -0.2) is 4.79 Å². The predicted molar refractivity (Wildman–Crippen MR) is 91.2 cm³/mol. The van der Waals surface area contributed by atoms with E-state index in [0.717, 1.165) is 23.9 Å². The first-order valence-electron chi connectivity index (χ1n) is 7.92. The van der Waals surface area contributed by atoms with E-state index in [1.54, 1.807) is 10.9 Å². The highest BCUT2D eigenvalue weighted by molar-refractivity contribution is 9.10. The average molecular weight is 395 g/mol. The largest absolute Gasteiger partial charge is 0.478 e. The maximum Gasteiger partial charge on any atom is 0.338 e. The summed E-state index contributed by atoms with van der Waals surface area (Å²) in [5.74, 6) is -0.938. The fourth-order valence-corrected chi connectivity index (χ4v) is 3.52. The molecule has 0 radical (unpaired) electrons. The molecule has 3 heterocycles. The number of aryl methyl sites for hydroxylation is 1. The van der Waals surface area contributed by atoms with Crippen molar-refractivity contribution in [1.82, 2.24) is 19.2 Å². The van der Waals surface area contributed by atoms with E-state index in [-0.39, 0.29) is 17.5 Å². The van der Waals surface area contributed by atoms with Gasteiger partial charge in [-0.05, 0) is 41.8 Å². The van der Waals surface area contributed by atoms with Crippen molar-refractivity contribution in [1.29, 1.82) is 0 Å². The van der Waals surface area contributed by atoms with Crippen LogP contribution >= 0.6 is 15.9 Å². The molecule has 8 heteroatoms. The zero-order chi connectivity index (χ0) is 17.3. The number of aromatic nitrogens is 3. The fourth-order valence-electron chi connectivity index (χ4n) is 3.06. The number of hydrogen-bond acceptors (Lipinski definition) is 3. The Balaban J connectivity index is 1.65. The van der Waals surface area contributed by atoms with Gasteiger partial charge in [-0.15, -0.1) is 0 Å². The van der Waals surface area contributed by atoms with Crippen LogP contribution in [0.15, 0.2) is 29.1 Å². The summed E-state index contributed by atoms with van der Waals surface area (Å²) in [6, 6.07) is 1.98. The molecule has 0 atom stereocenters. The lowest BCUT2D eigenvalue weighted by atomic mass is 10.0. The summed E-state index contributed by atoms with van der Waals surface area (Å²) in [6.45, 7) is 4.03. The molecule has 2 aromatic heterocycles. The molecule has 0 unspecified atom stereocenters. The minimum atomic E-state index is -0.972. The van der Waals surface area contributed by atoms with Crippen LogP contribution in [0, 0.1) is 0 Å². The minimum absolute atomic E-state index is 0.0349. The van der Waals surface area contributed by atoms with Gasteiger partial charge in [0, 0.05) is 36.5 Å². The Morgan fingerprint density at radius 2 is 2.04 bits per heavy atom. The number of rotatable bonds is 4. The van der Waals surface area contributed by atoms with Crippen molar-refractivity contribution in [3.8, 4) is 0 Å². The van der Waals surface area contributed by atoms with E-state index >= 15 is 0 Å². The van der Waals surface area contributed by atoms with E-state index in [0.29, 0.717) is 18.8 Å². The molecule has 0 bridgehead atoms. The van der Waals surface area contributed by atoms with Gasteiger partial charge in [-0.1, -0.05) is 0 Å². The molecule has 1 fully saturated rings. The molecule has 1 amide bonds. The molecule has 2 aromatic rings. The molecule has 3 rings (SSSR count). The second kappa shape index (κ2) is 6.80. The van der Waals surface area contributed by atoms with Crippen LogP contribution in [0.4, 0.5) is 0 Å². The van der Waals surface area contributed by atoms with Crippen molar-refractivity contribution in [2.75, 3.05) is 13.1 Å². The number of piperidine rings is 1. The fraction of sp³-hybridized carbons (Fsp3) is 0.438.